The van der Waals surface area contributed by atoms with E-state index in [1.165, 1.54) is 231 Å². The molecule has 0 heterocycles. The largest absolute Gasteiger partial charge is 0.462 e. The summed E-state index contributed by atoms with van der Waals surface area (Å²) in [5.74, 6) is -0.00111. The Morgan fingerprint density at radius 3 is 0.754 bits per heavy atom. The number of rotatable bonds is 54. The molecule has 0 spiro atoms. The van der Waals surface area contributed by atoms with Gasteiger partial charge in [-0.25, -0.2) is 0 Å². The van der Waals surface area contributed by atoms with Crippen molar-refractivity contribution in [3.8, 4) is 0 Å². The summed E-state index contributed by atoms with van der Waals surface area (Å²) in [5, 5.41) is 0. The van der Waals surface area contributed by atoms with Crippen LogP contribution in [0.1, 0.15) is 336 Å². The van der Waals surface area contributed by atoms with Crippen LogP contribution in [0.4, 0.5) is 0 Å². The molecule has 0 saturated heterocycles. The van der Waals surface area contributed by atoms with Gasteiger partial charge < -0.3 is 14.2 Å². The number of hydrogen-bond acceptors (Lipinski definition) is 6. The van der Waals surface area contributed by atoms with E-state index in [0.29, 0.717) is 19.3 Å². The van der Waals surface area contributed by atoms with Gasteiger partial charge in [0, 0.05) is 19.3 Å². The predicted molar refractivity (Wildman–Crippen MR) is 280 cm³/mol. The van der Waals surface area contributed by atoms with Crippen molar-refractivity contribution < 1.29 is 28.6 Å². The maximum absolute atomic E-state index is 12.8. The van der Waals surface area contributed by atoms with E-state index in [-0.39, 0.29) is 31.1 Å². The first-order valence-electron chi connectivity index (χ1n) is 29.4. The van der Waals surface area contributed by atoms with Crippen LogP contribution in [0.25, 0.3) is 0 Å². The fourth-order valence-electron chi connectivity index (χ4n) is 9.10. The van der Waals surface area contributed by atoms with Crippen molar-refractivity contribution in [3.05, 3.63) is 0 Å². The van der Waals surface area contributed by atoms with Crippen molar-refractivity contribution in [1.29, 1.82) is 0 Å². The third-order valence-electron chi connectivity index (χ3n) is 13.5. The molecule has 6 heteroatoms. The first kappa shape index (κ1) is 63.4. The van der Waals surface area contributed by atoms with Crippen LogP contribution in [-0.2, 0) is 28.6 Å². The number of unbranched alkanes of at least 4 members (excludes halogenated alkanes) is 41. The molecule has 1 atom stereocenters. The third kappa shape index (κ3) is 53.2. The Hall–Kier alpha value is -1.59. The molecule has 0 rings (SSSR count). The summed E-state index contributed by atoms with van der Waals surface area (Å²) in [7, 11) is 0. The van der Waals surface area contributed by atoms with Crippen LogP contribution in [0.5, 0.6) is 0 Å². The summed E-state index contributed by atoms with van der Waals surface area (Å²) in [6.45, 7) is 9.06. The molecule has 0 fully saturated rings. The van der Waals surface area contributed by atoms with Crippen molar-refractivity contribution in [3.63, 3.8) is 0 Å². The SMILES string of the molecule is CCCCCCCCCCCCCCCCCCCCCC(=O)OC[C@H](COC(=O)CCCCCCCCCCCCCCC(C)C)OC(=O)CCCCCCCCCCCCCCC. The monoisotopic (exact) mass is 919 g/mol. The standard InChI is InChI=1S/C59H114O6/c1-5-7-9-11-13-15-17-19-20-21-22-23-24-26-30-34-38-42-46-50-57(60)63-53-56(65-59(62)52-48-44-40-36-32-25-18-16-14-12-10-8-6-2)54-64-58(61)51-47-43-39-35-31-28-27-29-33-37-41-45-49-55(3)4/h55-56H,5-54H2,1-4H3/t56-/m1/s1. The molecule has 0 aromatic rings. The molecule has 0 bridgehead atoms. The fraction of sp³-hybridized carbons (Fsp3) is 0.949. The lowest BCUT2D eigenvalue weighted by Crippen LogP contribution is -2.30. The molecule has 0 aliphatic heterocycles. The summed E-state index contributed by atoms with van der Waals surface area (Å²) in [6, 6.07) is 0. The Bertz CT molecular complexity index is 980. The van der Waals surface area contributed by atoms with Gasteiger partial charge in [-0.15, -0.1) is 0 Å². The zero-order chi connectivity index (χ0) is 47.4. The number of carbonyl (C=O) groups is 3. The average molecular weight is 920 g/mol. The summed E-state index contributed by atoms with van der Waals surface area (Å²) in [5.41, 5.74) is 0. The van der Waals surface area contributed by atoms with Crippen molar-refractivity contribution in [1.82, 2.24) is 0 Å². The Morgan fingerprint density at radius 2 is 0.508 bits per heavy atom. The second kappa shape index (κ2) is 53.4. The van der Waals surface area contributed by atoms with E-state index in [2.05, 4.69) is 27.7 Å². The van der Waals surface area contributed by atoms with Gasteiger partial charge in [-0.05, 0) is 25.2 Å². The van der Waals surface area contributed by atoms with Gasteiger partial charge in [-0.1, -0.05) is 297 Å². The van der Waals surface area contributed by atoms with Crippen molar-refractivity contribution >= 4 is 17.9 Å². The first-order valence-corrected chi connectivity index (χ1v) is 29.4. The third-order valence-corrected chi connectivity index (χ3v) is 13.5. The molecule has 65 heavy (non-hydrogen) atoms. The normalized spacial score (nSPS) is 12.0. The molecule has 0 amide bonds. The highest BCUT2D eigenvalue weighted by Gasteiger charge is 2.19. The molecule has 0 aliphatic carbocycles. The van der Waals surface area contributed by atoms with Crippen molar-refractivity contribution in [2.45, 2.75) is 342 Å². The average Bonchev–Trinajstić information content (AvgIpc) is 3.29. The summed E-state index contributed by atoms with van der Waals surface area (Å²) in [6.07, 6.45) is 58.1. The zero-order valence-corrected chi connectivity index (χ0v) is 44.5. The lowest BCUT2D eigenvalue weighted by atomic mass is 10.0. The molecule has 0 aliphatic rings. The van der Waals surface area contributed by atoms with E-state index in [4.69, 9.17) is 14.2 Å². The van der Waals surface area contributed by atoms with Gasteiger partial charge in [0.15, 0.2) is 6.10 Å². The minimum Gasteiger partial charge on any atom is -0.462 e. The van der Waals surface area contributed by atoms with E-state index in [1.807, 2.05) is 0 Å². The van der Waals surface area contributed by atoms with Gasteiger partial charge in [-0.3, -0.25) is 14.4 Å². The van der Waals surface area contributed by atoms with Crippen LogP contribution in [0.15, 0.2) is 0 Å². The molecule has 0 aromatic heterocycles. The molecule has 386 valence electrons. The smallest absolute Gasteiger partial charge is 0.306 e. The van der Waals surface area contributed by atoms with Crippen LogP contribution in [0.3, 0.4) is 0 Å². The van der Waals surface area contributed by atoms with E-state index < -0.39 is 6.10 Å². The van der Waals surface area contributed by atoms with Crippen LogP contribution >= 0.6 is 0 Å². The van der Waals surface area contributed by atoms with E-state index in [1.54, 1.807) is 0 Å². The quantitative estimate of drug-likeness (QED) is 0.0344. The number of ether oxygens (including phenoxy) is 3. The van der Waals surface area contributed by atoms with Crippen LogP contribution in [0, 0.1) is 5.92 Å². The number of carbonyl (C=O) groups excluding carboxylic acids is 3. The molecular formula is C59H114O6. The maximum atomic E-state index is 12.8. The minimum absolute atomic E-state index is 0.0618. The predicted octanol–water partition coefficient (Wildman–Crippen LogP) is 19.4. The second-order valence-corrected chi connectivity index (χ2v) is 20.8. The molecule has 6 nitrogen and oxygen atoms in total. The molecular weight excluding hydrogens is 805 g/mol. The zero-order valence-electron chi connectivity index (χ0n) is 44.5. The van der Waals surface area contributed by atoms with Gasteiger partial charge in [0.2, 0.25) is 0 Å². The highest BCUT2D eigenvalue weighted by molar-refractivity contribution is 5.71. The molecule has 0 saturated carbocycles. The van der Waals surface area contributed by atoms with E-state index in [0.717, 1.165) is 63.7 Å². The molecule has 0 unspecified atom stereocenters. The molecule has 0 aromatic carbocycles. The lowest BCUT2D eigenvalue weighted by Gasteiger charge is -2.18. The second-order valence-electron chi connectivity index (χ2n) is 20.8. The van der Waals surface area contributed by atoms with Crippen LogP contribution < -0.4 is 0 Å². The topological polar surface area (TPSA) is 78.9 Å². The summed E-state index contributed by atoms with van der Waals surface area (Å²) >= 11 is 0. The van der Waals surface area contributed by atoms with E-state index >= 15 is 0 Å². The first-order chi connectivity index (χ1) is 31.9. The number of esters is 3. The Morgan fingerprint density at radius 1 is 0.292 bits per heavy atom. The summed E-state index contributed by atoms with van der Waals surface area (Å²) < 4.78 is 16.9. The van der Waals surface area contributed by atoms with E-state index in [9.17, 15) is 14.4 Å². The van der Waals surface area contributed by atoms with Crippen molar-refractivity contribution in [2.24, 2.45) is 5.92 Å². The fourth-order valence-corrected chi connectivity index (χ4v) is 9.10. The molecule has 0 radical (unpaired) electrons. The Kier molecular flexibility index (Phi) is 52.1. The maximum Gasteiger partial charge on any atom is 0.306 e. The van der Waals surface area contributed by atoms with Crippen molar-refractivity contribution in [2.75, 3.05) is 13.2 Å². The van der Waals surface area contributed by atoms with Gasteiger partial charge in [0.25, 0.3) is 0 Å². The van der Waals surface area contributed by atoms with Gasteiger partial charge >= 0.3 is 17.9 Å². The highest BCUT2D eigenvalue weighted by atomic mass is 16.6. The summed E-state index contributed by atoms with van der Waals surface area (Å²) in [4.78, 5) is 38.1. The van der Waals surface area contributed by atoms with Gasteiger partial charge in [0.1, 0.15) is 13.2 Å². The van der Waals surface area contributed by atoms with Gasteiger partial charge in [-0.2, -0.15) is 0 Å². The molecule has 0 N–H and O–H groups in total. The minimum atomic E-state index is -0.762. The Labute approximate surface area is 406 Å². The van der Waals surface area contributed by atoms with Crippen LogP contribution in [-0.4, -0.2) is 37.2 Å². The lowest BCUT2D eigenvalue weighted by molar-refractivity contribution is -0.167. The number of hydrogen-bond donors (Lipinski definition) is 0. The van der Waals surface area contributed by atoms with Gasteiger partial charge in [0.05, 0.1) is 0 Å². The van der Waals surface area contributed by atoms with Crippen LogP contribution in [0.2, 0.25) is 0 Å². The highest BCUT2D eigenvalue weighted by Crippen LogP contribution is 2.18. The Balaban J connectivity index is 4.26.